The van der Waals surface area contributed by atoms with Gasteiger partial charge in [0.25, 0.3) is 5.91 Å². The number of aliphatic imine (C=N–C) groups is 1. The number of amides is 1. The zero-order chi connectivity index (χ0) is 15.5. The van der Waals surface area contributed by atoms with Gasteiger partial charge in [0.1, 0.15) is 17.2 Å². The van der Waals surface area contributed by atoms with Gasteiger partial charge in [0.2, 0.25) is 0 Å². The first-order chi connectivity index (χ1) is 10.7. The largest absolute Gasteiger partial charge is 0.507 e. The summed E-state index contributed by atoms with van der Waals surface area (Å²) in [6.45, 7) is 0. The van der Waals surface area contributed by atoms with Gasteiger partial charge in [0, 0.05) is 24.1 Å². The van der Waals surface area contributed by atoms with Crippen LogP contribution in [0.1, 0.15) is 19.3 Å². The molecule has 0 aromatic carbocycles. The molecule has 3 rings (SSSR count). The van der Waals surface area contributed by atoms with E-state index in [2.05, 4.69) is 15.3 Å². The summed E-state index contributed by atoms with van der Waals surface area (Å²) in [4.78, 5) is 20.7. The number of hydrogen-bond acceptors (Lipinski definition) is 5. The molecule has 1 amide bonds. The molecule has 0 fully saturated rings. The number of methoxy groups -OCH3 is 1. The Balaban J connectivity index is 1.86. The number of aliphatic hydroxyl groups is 1. The van der Waals surface area contributed by atoms with E-state index in [9.17, 15) is 9.90 Å². The van der Waals surface area contributed by atoms with Gasteiger partial charge in [-0.1, -0.05) is 6.08 Å². The average Bonchev–Trinajstić information content (AvgIpc) is 2.56. The lowest BCUT2D eigenvalue weighted by Gasteiger charge is -2.24. The van der Waals surface area contributed by atoms with E-state index in [-0.39, 0.29) is 17.4 Å². The molecular formula is C16H17N3O3. The van der Waals surface area contributed by atoms with Gasteiger partial charge in [0.05, 0.1) is 24.9 Å². The van der Waals surface area contributed by atoms with Crippen molar-refractivity contribution in [3.63, 3.8) is 0 Å². The summed E-state index contributed by atoms with van der Waals surface area (Å²) in [6.07, 6.45) is 9.32. The first kappa shape index (κ1) is 14.3. The standard InChI is InChI=1S/C16H17N3O3/c1-22-14-6-7-17-9-13(14)19-16(21)11-8-18-12-5-3-2-4-10(12)15(11)20/h4,6-9,12,20H,2-3,5H2,1H3,(H,19,21). The van der Waals surface area contributed by atoms with Crippen LogP contribution in [-0.4, -0.2) is 35.4 Å². The average molecular weight is 299 g/mol. The lowest BCUT2D eigenvalue weighted by Crippen LogP contribution is -2.25. The highest BCUT2D eigenvalue weighted by Gasteiger charge is 2.28. The van der Waals surface area contributed by atoms with Crippen LogP contribution in [0.3, 0.4) is 0 Å². The van der Waals surface area contributed by atoms with E-state index in [0.29, 0.717) is 11.4 Å². The normalized spacial score (nSPS) is 20.2. The number of dihydropyridines is 1. The summed E-state index contributed by atoms with van der Waals surface area (Å²) in [5.74, 6) is 0.0866. The van der Waals surface area contributed by atoms with Gasteiger partial charge >= 0.3 is 0 Å². The van der Waals surface area contributed by atoms with E-state index in [1.165, 1.54) is 19.5 Å². The van der Waals surface area contributed by atoms with Crippen molar-refractivity contribution in [3.8, 4) is 5.75 Å². The highest BCUT2D eigenvalue weighted by Crippen LogP contribution is 2.31. The Hall–Kier alpha value is -2.63. The molecule has 1 aromatic heterocycles. The van der Waals surface area contributed by atoms with Crippen LogP contribution in [0.15, 0.2) is 46.4 Å². The van der Waals surface area contributed by atoms with Crippen LogP contribution in [-0.2, 0) is 4.79 Å². The molecule has 1 aliphatic carbocycles. The Morgan fingerprint density at radius 1 is 1.50 bits per heavy atom. The molecule has 2 aliphatic rings. The number of pyridine rings is 1. The Morgan fingerprint density at radius 3 is 3.18 bits per heavy atom. The maximum absolute atomic E-state index is 12.4. The third kappa shape index (κ3) is 2.59. The first-order valence-corrected chi connectivity index (χ1v) is 7.17. The Labute approximate surface area is 128 Å². The van der Waals surface area contributed by atoms with Crippen molar-refractivity contribution in [2.45, 2.75) is 25.3 Å². The predicted octanol–water partition coefficient (Wildman–Crippen LogP) is 2.40. The number of fused-ring (bicyclic) bond motifs is 1. The minimum absolute atomic E-state index is 0.0139. The molecular weight excluding hydrogens is 282 g/mol. The lowest BCUT2D eigenvalue weighted by atomic mass is 9.89. The van der Waals surface area contributed by atoms with Gasteiger partial charge in [-0.25, -0.2) is 0 Å². The fourth-order valence-electron chi connectivity index (χ4n) is 2.66. The molecule has 6 nitrogen and oxygen atoms in total. The predicted molar refractivity (Wildman–Crippen MR) is 83.3 cm³/mol. The number of aromatic nitrogens is 1. The molecule has 6 heteroatoms. The third-order valence-corrected chi connectivity index (χ3v) is 3.81. The van der Waals surface area contributed by atoms with Crippen molar-refractivity contribution < 1.29 is 14.6 Å². The van der Waals surface area contributed by atoms with E-state index in [0.717, 1.165) is 24.8 Å². The highest BCUT2D eigenvalue weighted by molar-refractivity contribution is 6.19. The van der Waals surface area contributed by atoms with Crippen molar-refractivity contribution in [1.29, 1.82) is 0 Å². The van der Waals surface area contributed by atoms with Crippen LogP contribution >= 0.6 is 0 Å². The second-order valence-corrected chi connectivity index (χ2v) is 5.18. The second-order valence-electron chi connectivity index (χ2n) is 5.18. The molecule has 1 aromatic rings. The molecule has 0 saturated carbocycles. The van der Waals surface area contributed by atoms with Crippen molar-refractivity contribution in [3.05, 3.63) is 41.4 Å². The molecule has 0 bridgehead atoms. The highest BCUT2D eigenvalue weighted by atomic mass is 16.5. The molecule has 0 spiro atoms. The quantitative estimate of drug-likeness (QED) is 0.897. The van der Waals surface area contributed by atoms with E-state index in [1.807, 2.05) is 6.08 Å². The summed E-state index contributed by atoms with van der Waals surface area (Å²) >= 11 is 0. The molecule has 2 heterocycles. The molecule has 1 aliphatic heterocycles. The minimum Gasteiger partial charge on any atom is -0.507 e. The first-order valence-electron chi connectivity index (χ1n) is 7.17. The molecule has 0 radical (unpaired) electrons. The number of allylic oxidation sites excluding steroid dienone is 1. The van der Waals surface area contributed by atoms with Gasteiger partial charge in [-0.3, -0.25) is 14.8 Å². The smallest absolute Gasteiger partial charge is 0.261 e. The number of carbonyl (C=O) groups is 1. The van der Waals surface area contributed by atoms with Crippen molar-refractivity contribution in [1.82, 2.24) is 4.98 Å². The fourth-order valence-corrected chi connectivity index (χ4v) is 2.66. The Morgan fingerprint density at radius 2 is 2.36 bits per heavy atom. The van der Waals surface area contributed by atoms with E-state index >= 15 is 0 Å². The second kappa shape index (κ2) is 6.01. The van der Waals surface area contributed by atoms with Gasteiger partial charge in [-0.05, 0) is 19.3 Å². The van der Waals surface area contributed by atoms with Crippen LogP contribution in [0, 0.1) is 0 Å². The monoisotopic (exact) mass is 299 g/mol. The van der Waals surface area contributed by atoms with Crippen molar-refractivity contribution >= 4 is 17.8 Å². The van der Waals surface area contributed by atoms with E-state index < -0.39 is 5.91 Å². The number of rotatable bonds is 3. The molecule has 22 heavy (non-hydrogen) atoms. The maximum Gasteiger partial charge on any atom is 0.261 e. The summed E-state index contributed by atoms with van der Waals surface area (Å²) in [7, 11) is 1.52. The fraction of sp³-hybridized carbons (Fsp3) is 0.312. The summed E-state index contributed by atoms with van der Waals surface area (Å²) in [5, 5.41) is 13.0. The number of aliphatic hydroxyl groups excluding tert-OH is 1. The third-order valence-electron chi connectivity index (χ3n) is 3.81. The minimum atomic E-state index is -0.433. The molecule has 1 unspecified atom stereocenters. The Kier molecular flexibility index (Phi) is 3.91. The summed E-state index contributed by atoms with van der Waals surface area (Å²) in [5.41, 5.74) is 1.36. The van der Waals surface area contributed by atoms with Crippen LogP contribution in [0.25, 0.3) is 0 Å². The van der Waals surface area contributed by atoms with Crippen LogP contribution < -0.4 is 10.1 Å². The van der Waals surface area contributed by atoms with Crippen molar-refractivity contribution in [2.75, 3.05) is 12.4 Å². The SMILES string of the molecule is COc1ccncc1NC(=O)C1=C(O)C2=CCCCC2N=C1. The topological polar surface area (TPSA) is 83.8 Å². The van der Waals surface area contributed by atoms with Crippen LogP contribution in [0.5, 0.6) is 5.75 Å². The number of hydrogen-bond donors (Lipinski definition) is 2. The molecule has 114 valence electrons. The van der Waals surface area contributed by atoms with Gasteiger partial charge in [-0.15, -0.1) is 0 Å². The van der Waals surface area contributed by atoms with Crippen LogP contribution in [0.2, 0.25) is 0 Å². The summed E-state index contributed by atoms with van der Waals surface area (Å²) in [6, 6.07) is 1.62. The molecule has 2 N–H and O–H groups in total. The number of nitrogens with zero attached hydrogens (tertiary/aromatic N) is 2. The zero-order valence-corrected chi connectivity index (χ0v) is 12.2. The molecule has 1 atom stereocenters. The Bertz CT molecular complexity index is 692. The van der Waals surface area contributed by atoms with Gasteiger partial charge < -0.3 is 15.2 Å². The number of nitrogens with one attached hydrogen (secondary N) is 1. The number of ether oxygens (including phenoxy) is 1. The molecule has 0 saturated heterocycles. The van der Waals surface area contributed by atoms with Gasteiger partial charge in [-0.2, -0.15) is 0 Å². The summed E-state index contributed by atoms with van der Waals surface area (Å²) < 4.78 is 5.17. The maximum atomic E-state index is 12.4. The van der Waals surface area contributed by atoms with Gasteiger partial charge in [0.15, 0.2) is 0 Å². The number of carbonyl (C=O) groups excluding carboxylic acids is 1. The van der Waals surface area contributed by atoms with Crippen LogP contribution in [0.4, 0.5) is 5.69 Å². The van der Waals surface area contributed by atoms with E-state index in [4.69, 9.17) is 4.74 Å². The lowest BCUT2D eigenvalue weighted by molar-refractivity contribution is -0.112. The number of anilines is 1. The van der Waals surface area contributed by atoms with E-state index in [1.54, 1.807) is 12.3 Å². The van der Waals surface area contributed by atoms with Crippen molar-refractivity contribution in [2.24, 2.45) is 4.99 Å². The zero-order valence-electron chi connectivity index (χ0n) is 12.2.